The molecule has 4 rings (SSSR count). The van der Waals surface area contributed by atoms with Crippen LogP contribution in [0.2, 0.25) is 0 Å². The Labute approximate surface area is 164 Å². The molecule has 2 saturated carbocycles. The molecule has 0 N–H and O–H groups in total. The van der Waals surface area contributed by atoms with Crippen molar-refractivity contribution >= 4 is 18.0 Å². The van der Waals surface area contributed by atoms with Gasteiger partial charge in [0.15, 0.2) is 0 Å². The van der Waals surface area contributed by atoms with Gasteiger partial charge in [-0.1, -0.05) is 12.8 Å². The molecule has 2 aliphatic carbocycles. The molecule has 2 heterocycles. The van der Waals surface area contributed by atoms with Crippen LogP contribution in [0, 0.1) is 17.8 Å². The number of nitrogens with zero attached hydrogens (tertiary/aromatic N) is 1. The van der Waals surface area contributed by atoms with Crippen molar-refractivity contribution in [1.29, 1.82) is 0 Å². The van der Waals surface area contributed by atoms with Crippen LogP contribution in [-0.2, 0) is 23.8 Å². The third kappa shape index (κ3) is 3.20. The van der Waals surface area contributed by atoms with Gasteiger partial charge in [0.1, 0.15) is 5.60 Å². The molecule has 152 valence electrons. The van der Waals surface area contributed by atoms with Gasteiger partial charge in [-0.05, 0) is 52.4 Å². The summed E-state index contributed by atoms with van der Waals surface area (Å²) in [6, 6.07) is -0.173. The van der Waals surface area contributed by atoms with Crippen LogP contribution < -0.4 is 0 Å². The highest BCUT2D eigenvalue weighted by atomic mass is 16.7. The van der Waals surface area contributed by atoms with E-state index in [4.69, 9.17) is 14.2 Å². The van der Waals surface area contributed by atoms with Crippen molar-refractivity contribution in [3.8, 4) is 0 Å². The second-order valence-corrected chi connectivity index (χ2v) is 9.18. The van der Waals surface area contributed by atoms with Crippen molar-refractivity contribution in [2.75, 3.05) is 0 Å². The predicted octanol–water partition coefficient (Wildman–Crippen LogP) is 3.30. The quantitative estimate of drug-likeness (QED) is 0.409. The number of fused-ring (bicyclic) bond motifs is 3. The summed E-state index contributed by atoms with van der Waals surface area (Å²) in [4.78, 5) is 38.8. The summed E-state index contributed by atoms with van der Waals surface area (Å²) in [5.74, 6) is -0.0105. The molecule has 28 heavy (non-hydrogen) atoms. The Morgan fingerprint density at radius 3 is 2.68 bits per heavy atom. The summed E-state index contributed by atoms with van der Waals surface area (Å²) in [5.41, 5.74) is 0.272. The van der Waals surface area contributed by atoms with E-state index in [2.05, 4.69) is 0 Å². The number of likely N-dealkylation sites (tertiary alicyclic amines) is 1. The number of hydrogen-bond donors (Lipinski definition) is 0. The van der Waals surface area contributed by atoms with Crippen LogP contribution >= 0.6 is 0 Å². The average Bonchev–Trinajstić information content (AvgIpc) is 3.28. The number of esters is 1. The summed E-state index contributed by atoms with van der Waals surface area (Å²) >= 11 is 0. The zero-order valence-electron chi connectivity index (χ0n) is 16.8. The number of cyclic esters (lactones) is 1. The number of rotatable bonds is 2. The molecular formula is C21H27NO6. The van der Waals surface area contributed by atoms with Crippen LogP contribution in [0.3, 0.4) is 0 Å². The highest BCUT2D eigenvalue weighted by Gasteiger charge is 2.58. The standard InChI is InChI=1S/C21H27NO6/c1-11-8-16(27-19(11)24)26-10-15-14-9-12-6-5-7-13(12)17(14)22(18(15)23)20(25)28-21(2,3)4/h8,10,12-14,16-17H,5-7,9H2,1-4H3/t12-,13-,14+,16+,17+/m0/s1. The lowest BCUT2D eigenvalue weighted by molar-refractivity contribution is -0.152. The lowest BCUT2D eigenvalue weighted by Gasteiger charge is -2.29. The molecule has 0 aromatic carbocycles. The van der Waals surface area contributed by atoms with Gasteiger partial charge in [-0.3, -0.25) is 4.79 Å². The fourth-order valence-corrected chi connectivity index (χ4v) is 5.05. The second kappa shape index (κ2) is 6.64. The summed E-state index contributed by atoms with van der Waals surface area (Å²) in [5, 5.41) is 0. The average molecular weight is 389 g/mol. The van der Waals surface area contributed by atoms with Crippen LogP contribution in [0.25, 0.3) is 0 Å². The van der Waals surface area contributed by atoms with E-state index in [9.17, 15) is 14.4 Å². The lowest BCUT2D eigenvalue weighted by atomic mass is 9.94. The summed E-state index contributed by atoms with van der Waals surface area (Å²) in [7, 11) is 0. The van der Waals surface area contributed by atoms with Gasteiger partial charge in [0.25, 0.3) is 12.2 Å². The zero-order chi connectivity index (χ0) is 20.2. The Morgan fingerprint density at radius 2 is 2.04 bits per heavy atom. The molecule has 2 amide bonds. The highest BCUT2D eigenvalue weighted by molar-refractivity contribution is 6.05. The minimum absolute atomic E-state index is 0.0579. The van der Waals surface area contributed by atoms with Gasteiger partial charge in [0.05, 0.1) is 17.9 Å². The Morgan fingerprint density at radius 1 is 1.29 bits per heavy atom. The van der Waals surface area contributed by atoms with Gasteiger partial charge in [-0.25, -0.2) is 14.5 Å². The maximum absolute atomic E-state index is 13.1. The van der Waals surface area contributed by atoms with Gasteiger partial charge >= 0.3 is 12.1 Å². The van der Waals surface area contributed by atoms with E-state index in [0.29, 0.717) is 23.0 Å². The van der Waals surface area contributed by atoms with Crippen molar-refractivity contribution in [3.05, 3.63) is 23.5 Å². The van der Waals surface area contributed by atoms with Crippen LogP contribution in [0.5, 0.6) is 0 Å². The Balaban J connectivity index is 1.59. The van der Waals surface area contributed by atoms with Crippen LogP contribution in [-0.4, -0.2) is 40.8 Å². The second-order valence-electron chi connectivity index (χ2n) is 9.18. The van der Waals surface area contributed by atoms with Crippen molar-refractivity contribution in [2.45, 2.75) is 71.3 Å². The van der Waals surface area contributed by atoms with Gasteiger partial charge in [0.2, 0.25) is 0 Å². The fourth-order valence-electron chi connectivity index (χ4n) is 5.05. The number of amides is 2. The molecule has 0 aromatic heterocycles. The minimum Gasteiger partial charge on any atom is -0.458 e. The van der Waals surface area contributed by atoms with Crippen molar-refractivity contribution in [2.24, 2.45) is 17.8 Å². The van der Waals surface area contributed by atoms with Gasteiger partial charge < -0.3 is 14.2 Å². The van der Waals surface area contributed by atoms with E-state index >= 15 is 0 Å². The Bertz CT molecular complexity index is 776. The summed E-state index contributed by atoms with van der Waals surface area (Å²) in [6.45, 7) is 7.02. The molecule has 7 nitrogen and oxygen atoms in total. The van der Waals surface area contributed by atoms with Gasteiger partial charge in [-0.2, -0.15) is 0 Å². The topological polar surface area (TPSA) is 82.1 Å². The molecular weight excluding hydrogens is 362 g/mol. The zero-order valence-corrected chi connectivity index (χ0v) is 16.8. The molecule has 0 spiro atoms. The molecule has 0 aromatic rings. The Hall–Kier alpha value is -2.31. The van der Waals surface area contributed by atoms with E-state index in [1.165, 1.54) is 11.2 Å². The maximum Gasteiger partial charge on any atom is 0.417 e. The molecule has 0 unspecified atom stereocenters. The highest BCUT2D eigenvalue weighted by Crippen LogP contribution is 2.54. The Kier molecular flexibility index (Phi) is 4.51. The van der Waals surface area contributed by atoms with Crippen molar-refractivity contribution in [1.82, 2.24) is 4.90 Å². The van der Waals surface area contributed by atoms with Crippen molar-refractivity contribution < 1.29 is 28.6 Å². The number of hydrogen-bond acceptors (Lipinski definition) is 6. The number of carbonyl (C=O) groups excluding carboxylic acids is 3. The smallest absolute Gasteiger partial charge is 0.417 e. The largest absolute Gasteiger partial charge is 0.458 e. The van der Waals surface area contributed by atoms with Crippen LogP contribution in [0.15, 0.2) is 23.5 Å². The molecule has 3 fully saturated rings. The number of ether oxygens (including phenoxy) is 3. The fraction of sp³-hybridized carbons (Fsp3) is 0.667. The monoisotopic (exact) mass is 389 g/mol. The summed E-state index contributed by atoms with van der Waals surface area (Å²) < 4.78 is 16.2. The minimum atomic E-state index is -0.831. The van der Waals surface area contributed by atoms with E-state index in [-0.39, 0.29) is 17.9 Å². The summed E-state index contributed by atoms with van der Waals surface area (Å²) in [6.07, 6.45) is 5.69. The molecule has 1 saturated heterocycles. The van der Waals surface area contributed by atoms with Gasteiger partial charge in [-0.15, -0.1) is 0 Å². The van der Waals surface area contributed by atoms with Gasteiger partial charge in [0, 0.05) is 17.6 Å². The molecule has 0 bridgehead atoms. The first-order valence-corrected chi connectivity index (χ1v) is 9.97. The third-order valence-electron chi connectivity index (χ3n) is 6.14. The SMILES string of the molecule is CC1=C[C@H](OC=C2C(=O)N(C(=O)OC(C)(C)C)[C@@H]3[C@H]4CCC[C@H]4C[C@H]23)OC1=O. The van der Waals surface area contributed by atoms with E-state index < -0.39 is 24.0 Å². The molecule has 5 atom stereocenters. The molecule has 2 aliphatic heterocycles. The maximum atomic E-state index is 13.1. The van der Waals surface area contributed by atoms with Crippen LogP contribution in [0.1, 0.15) is 53.4 Å². The van der Waals surface area contributed by atoms with E-state index in [1.54, 1.807) is 33.8 Å². The third-order valence-corrected chi connectivity index (χ3v) is 6.14. The molecule has 7 heteroatoms. The first kappa shape index (κ1) is 19.0. The molecule has 4 aliphatic rings. The first-order chi connectivity index (χ1) is 13.2. The number of imide groups is 1. The number of carbonyl (C=O) groups is 3. The lowest BCUT2D eigenvalue weighted by Crippen LogP contribution is -2.45. The first-order valence-electron chi connectivity index (χ1n) is 9.97. The normalized spacial score (nSPS) is 35.7. The predicted molar refractivity (Wildman–Crippen MR) is 98.6 cm³/mol. The van der Waals surface area contributed by atoms with Crippen LogP contribution in [0.4, 0.5) is 4.79 Å². The molecule has 0 radical (unpaired) electrons. The van der Waals surface area contributed by atoms with Crippen molar-refractivity contribution in [3.63, 3.8) is 0 Å². The van der Waals surface area contributed by atoms with E-state index in [0.717, 1.165) is 25.7 Å². The van der Waals surface area contributed by atoms with E-state index in [1.807, 2.05) is 0 Å².